The molecule has 0 aromatic heterocycles. The smallest absolute Gasteiger partial charge is 0.161 e. The molecule has 0 aliphatic heterocycles. The van der Waals surface area contributed by atoms with Gasteiger partial charge in [-0.3, -0.25) is 0 Å². The zero-order valence-corrected chi connectivity index (χ0v) is 29.5. The van der Waals surface area contributed by atoms with Crippen LogP contribution in [-0.2, 0) is 25.7 Å². The van der Waals surface area contributed by atoms with Gasteiger partial charge in [-0.1, -0.05) is 67.8 Å². The molecule has 0 heterocycles. The monoisotopic (exact) mass is 688 g/mol. The van der Waals surface area contributed by atoms with Gasteiger partial charge in [0.2, 0.25) is 0 Å². The maximum atomic E-state index is 11.9. The van der Waals surface area contributed by atoms with Gasteiger partial charge in [0.15, 0.2) is 23.0 Å². The standard InChI is InChI=1S/C44H48O7/c1-3-50-40-26-31(22-35(43(40)48)19-28-10-14-37(45)15-11-28)18-30-21-34(42(47)39(25-30)33-8-6-5-7-9-33)23-32-24-36(44(49)41(27-32)51-4-2)20-29-12-16-38(46)17-13-29/h10-17,21-22,24-27,33,45-49H,3-9,18-20,23H2,1-2H3. The highest BCUT2D eigenvalue weighted by atomic mass is 16.5. The molecule has 1 aliphatic carbocycles. The predicted molar refractivity (Wildman–Crippen MR) is 200 cm³/mol. The number of rotatable bonds is 13. The van der Waals surface area contributed by atoms with E-state index in [1.807, 2.05) is 62.4 Å². The van der Waals surface area contributed by atoms with Crippen LogP contribution in [0.1, 0.15) is 102 Å². The molecule has 0 atom stereocenters. The quantitative estimate of drug-likeness (QED) is 0.0836. The van der Waals surface area contributed by atoms with Gasteiger partial charge in [0, 0.05) is 30.4 Å². The summed E-state index contributed by atoms with van der Waals surface area (Å²) in [6, 6.07) is 25.9. The first-order chi connectivity index (χ1) is 24.7. The van der Waals surface area contributed by atoms with Crippen molar-refractivity contribution >= 4 is 0 Å². The third-order valence-corrected chi connectivity index (χ3v) is 9.81. The van der Waals surface area contributed by atoms with Gasteiger partial charge in [-0.2, -0.15) is 0 Å². The summed E-state index contributed by atoms with van der Waals surface area (Å²) in [4.78, 5) is 0. The fraction of sp³-hybridized carbons (Fsp3) is 0.318. The molecule has 0 amide bonds. The van der Waals surface area contributed by atoms with Crippen molar-refractivity contribution in [2.24, 2.45) is 0 Å². The molecule has 0 unspecified atom stereocenters. The topological polar surface area (TPSA) is 120 Å². The van der Waals surface area contributed by atoms with Crippen molar-refractivity contribution in [2.45, 2.75) is 77.6 Å². The fourth-order valence-electron chi connectivity index (χ4n) is 7.33. The van der Waals surface area contributed by atoms with E-state index in [0.717, 1.165) is 70.2 Å². The van der Waals surface area contributed by atoms with E-state index >= 15 is 0 Å². The summed E-state index contributed by atoms with van der Waals surface area (Å²) in [6.45, 7) is 4.59. The molecule has 0 bridgehead atoms. The van der Waals surface area contributed by atoms with Crippen LogP contribution in [0.15, 0.2) is 84.9 Å². The van der Waals surface area contributed by atoms with Crippen molar-refractivity contribution in [3.8, 4) is 40.2 Å². The van der Waals surface area contributed by atoms with Gasteiger partial charge in [-0.05, 0) is 114 Å². The molecular formula is C44H48O7. The molecule has 7 heteroatoms. The average Bonchev–Trinajstić information content (AvgIpc) is 3.12. The Kier molecular flexibility index (Phi) is 11.2. The SMILES string of the molecule is CCOc1cc(Cc2cc(Cc3cc(Cc4ccc(O)cc4)c(O)c(OCC)c3)c(O)c(C3CCCCC3)c2)cc(Cc2ccc(O)cc2)c1O. The van der Waals surface area contributed by atoms with Crippen LogP contribution in [0.4, 0.5) is 0 Å². The molecule has 266 valence electrons. The van der Waals surface area contributed by atoms with Crippen molar-refractivity contribution < 1.29 is 35.0 Å². The molecule has 1 fully saturated rings. The first kappa shape index (κ1) is 35.5. The second kappa shape index (κ2) is 16.2. The van der Waals surface area contributed by atoms with E-state index < -0.39 is 0 Å². The largest absolute Gasteiger partial charge is 0.508 e. The maximum absolute atomic E-state index is 11.9. The number of benzene rings is 5. The zero-order chi connectivity index (χ0) is 35.9. The Balaban J connectivity index is 1.38. The van der Waals surface area contributed by atoms with Crippen molar-refractivity contribution in [3.63, 3.8) is 0 Å². The number of phenols is 5. The van der Waals surface area contributed by atoms with Crippen LogP contribution in [0.2, 0.25) is 0 Å². The first-order valence-electron chi connectivity index (χ1n) is 18.1. The van der Waals surface area contributed by atoms with Crippen molar-refractivity contribution in [3.05, 3.63) is 135 Å². The Hall–Kier alpha value is -5.30. The average molecular weight is 689 g/mol. The van der Waals surface area contributed by atoms with Crippen molar-refractivity contribution in [1.29, 1.82) is 0 Å². The molecule has 1 saturated carbocycles. The van der Waals surface area contributed by atoms with Crippen LogP contribution < -0.4 is 9.47 Å². The van der Waals surface area contributed by atoms with E-state index in [1.165, 1.54) is 6.42 Å². The lowest BCUT2D eigenvalue weighted by molar-refractivity contribution is 0.316. The van der Waals surface area contributed by atoms with Gasteiger partial charge in [0.25, 0.3) is 0 Å². The summed E-state index contributed by atoms with van der Waals surface area (Å²) >= 11 is 0. The van der Waals surface area contributed by atoms with E-state index in [-0.39, 0.29) is 28.9 Å². The van der Waals surface area contributed by atoms with Crippen LogP contribution in [-0.4, -0.2) is 38.7 Å². The molecule has 0 radical (unpaired) electrons. The molecule has 1 aliphatic rings. The van der Waals surface area contributed by atoms with E-state index in [0.29, 0.717) is 61.7 Å². The minimum absolute atomic E-state index is 0.0927. The Bertz CT molecular complexity index is 1940. The lowest BCUT2D eigenvalue weighted by Crippen LogP contribution is -2.07. The Morgan fingerprint density at radius 3 is 1.35 bits per heavy atom. The minimum Gasteiger partial charge on any atom is -0.508 e. The van der Waals surface area contributed by atoms with Crippen LogP contribution in [0.3, 0.4) is 0 Å². The van der Waals surface area contributed by atoms with E-state index in [9.17, 15) is 25.5 Å². The zero-order valence-electron chi connectivity index (χ0n) is 29.5. The van der Waals surface area contributed by atoms with Gasteiger partial charge in [0.05, 0.1) is 13.2 Å². The van der Waals surface area contributed by atoms with Crippen molar-refractivity contribution in [1.82, 2.24) is 0 Å². The Labute approximate surface area is 300 Å². The summed E-state index contributed by atoms with van der Waals surface area (Å²) < 4.78 is 11.7. The highest BCUT2D eigenvalue weighted by molar-refractivity contribution is 5.55. The molecular weight excluding hydrogens is 640 g/mol. The second-order valence-corrected chi connectivity index (χ2v) is 13.6. The number of hydrogen-bond acceptors (Lipinski definition) is 7. The van der Waals surface area contributed by atoms with Crippen LogP contribution in [0.5, 0.6) is 40.2 Å². The maximum Gasteiger partial charge on any atom is 0.161 e. The second-order valence-electron chi connectivity index (χ2n) is 13.6. The summed E-state index contributed by atoms with van der Waals surface area (Å²) in [7, 11) is 0. The number of hydrogen-bond donors (Lipinski definition) is 5. The Morgan fingerprint density at radius 1 is 0.471 bits per heavy atom. The highest BCUT2D eigenvalue weighted by Crippen LogP contribution is 2.42. The van der Waals surface area contributed by atoms with Crippen molar-refractivity contribution in [2.75, 3.05) is 13.2 Å². The predicted octanol–water partition coefficient (Wildman–Crippen LogP) is 9.42. The van der Waals surface area contributed by atoms with Gasteiger partial charge in [-0.25, -0.2) is 0 Å². The summed E-state index contributed by atoms with van der Waals surface area (Å²) in [5, 5.41) is 53.7. The normalized spacial score (nSPS) is 13.3. The Morgan fingerprint density at radius 2 is 0.882 bits per heavy atom. The van der Waals surface area contributed by atoms with Gasteiger partial charge >= 0.3 is 0 Å². The minimum atomic E-state index is 0.0927. The molecule has 7 nitrogen and oxygen atoms in total. The van der Waals surface area contributed by atoms with Gasteiger partial charge in [-0.15, -0.1) is 0 Å². The van der Waals surface area contributed by atoms with Crippen LogP contribution in [0.25, 0.3) is 0 Å². The highest BCUT2D eigenvalue weighted by Gasteiger charge is 2.23. The first-order valence-corrected chi connectivity index (χ1v) is 18.1. The number of phenolic OH excluding ortho intramolecular Hbond substituents is 5. The van der Waals surface area contributed by atoms with Gasteiger partial charge in [0.1, 0.15) is 17.2 Å². The lowest BCUT2D eigenvalue weighted by atomic mass is 9.81. The summed E-state index contributed by atoms with van der Waals surface area (Å²) in [5.74, 6) is 2.02. The third-order valence-electron chi connectivity index (χ3n) is 9.81. The molecule has 0 spiro atoms. The number of aromatic hydroxyl groups is 5. The molecule has 5 aromatic rings. The molecule has 6 rings (SSSR count). The molecule has 5 aromatic carbocycles. The summed E-state index contributed by atoms with van der Waals surface area (Å²) in [5.41, 5.74) is 8.08. The molecule has 5 N–H and O–H groups in total. The van der Waals surface area contributed by atoms with E-state index in [4.69, 9.17) is 9.47 Å². The number of ether oxygens (including phenoxy) is 2. The van der Waals surface area contributed by atoms with Gasteiger partial charge < -0.3 is 35.0 Å². The lowest BCUT2D eigenvalue weighted by Gasteiger charge is -2.25. The molecule has 0 saturated heterocycles. The third kappa shape index (κ3) is 8.72. The van der Waals surface area contributed by atoms with E-state index in [2.05, 4.69) is 12.1 Å². The fourth-order valence-corrected chi connectivity index (χ4v) is 7.33. The van der Waals surface area contributed by atoms with E-state index in [1.54, 1.807) is 24.3 Å². The van der Waals surface area contributed by atoms with Crippen LogP contribution >= 0.6 is 0 Å². The van der Waals surface area contributed by atoms with Crippen LogP contribution in [0, 0.1) is 0 Å². The summed E-state index contributed by atoms with van der Waals surface area (Å²) in [6.07, 6.45) is 7.48. The molecule has 51 heavy (non-hydrogen) atoms.